The van der Waals surface area contributed by atoms with Crippen molar-refractivity contribution in [1.82, 2.24) is 0 Å². The molecule has 11 heavy (non-hydrogen) atoms. The van der Waals surface area contributed by atoms with Crippen LogP contribution in [-0.4, -0.2) is 16.2 Å². The lowest BCUT2D eigenvalue weighted by Crippen LogP contribution is -2.00. The summed E-state index contributed by atoms with van der Waals surface area (Å²) in [6.07, 6.45) is 10.0. The van der Waals surface area contributed by atoms with Crippen LogP contribution in [-0.2, 0) is 4.43 Å². The van der Waals surface area contributed by atoms with Crippen LogP contribution < -0.4 is 0 Å². The average Bonchev–Trinajstić information content (AvgIpc) is 2.09. The highest BCUT2D eigenvalue weighted by Crippen LogP contribution is 2.07. The second-order valence-corrected chi connectivity index (χ2v) is 5.61. The number of allylic oxidation sites excluding steroid dienone is 2. The van der Waals surface area contributed by atoms with E-state index in [1.54, 1.807) is 7.11 Å². The Labute approximate surface area is 72.2 Å². The van der Waals surface area contributed by atoms with Crippen LogP contribution in [0, 0.1) is 0 Å². The van der Waals surface area contributed by atoms with Gasteiger partial charge in [0, 0.05) is 7.11 Å². The van der Waals surface area contributed by atoms with Crippen LogP contribution in [0.3, 0.4) is 0 Å². The van der Waals surface area contributed by atoms with E-state index in [9.17, 15) is 0 Å². The molecular formula is C9H20OSi. The molecule has 0 N–H and O–H groups in total. The topological polar surface area (TPSA) is 9.23 Å². The molecule has 0 spiro atoms. The van der Waals surface area contributed by atoms with Crippen molar-refractivity contribution in [3.8, 4) is 0 Å². The van der Waals surface area contributed by atoms with Gasteiger partial charge in [-0.2, -0.15) is 0 Å². The summed E-state index contributed by atoms with van der Waals surface area (Å²) in [6, 6.07) is 0. The van der Waals surface area contributed by atoms with Crippen LogP contribution in [0.25, 0.3) is 0 Å². The van der Waals surface area contributed by atoms with Gasteiger partial charge in [0.1, 0.15) is 0 Å². The van der Waals surface area contributed by atoms with Crippen LogP contribution in [0.4, 0.5) is 0 Å². The van der Waals surface area contributed by atoms with E-state index in [4.69, 9.17) is 4.43 Å². The summed E-state index contributed by atoms with van der Waals surface area (Å²) >= 11 is 0. The second-order valence-electron chi connectivity index (χ2n) is 3.04. The van der Waals surface area contributed by atoms with Gasteiger partial charge in [-0.15, -0.1) is 0 Å². The van der Waals surface area contributed by atoms with Crippen molar-refractivity contribution in [2.75, 3.05) is 7.11 Å². The van der Waals surface area contributed by atoms with E-state index in [-0.39, 0.29) is 0 Å². The molecule has 0 bridgehead atoms. The highest BCUT2D eigenvalue weighted by Gasteiger charge is 1.87. The molecule has 2 heteroatoms. The minimum Gasteiger partial charge on any atom is -0.424 e. The van der Waals surface area contributed by atoms with Gasteiger partial charge in [-0.1, -0.05) is 12.2 Å². The number of rotatable bonds is 1. The van der Waals surface area contributed by atoms with Crippen molar-refractivity contribution in [2.24, 2.45) is 0 Å². The molecule has 0 aliphatic heterocycles. The zero-order valence-electron chi connectivity index (χ0n) is 7.97. The summed E-state index contributed by atoms with van der Waals surface area (Å²) in [6.45, 7) is 4.28. The monoisotopic (exact) mass is 172 g/mol. The Bertz CT molecular complexity index is 91.7. The molecule has 1 aliphatic rings. The standard InChI is InChI=1S/C6H10.C3H10OSi/c1-2-4-6-5-3-1;1-4-5(2)3/h1-2H,3-6H2;5H,1-3H3. The molecule has 0 saturated heterocycles. The highest BCUT2D eigenvalue weighted by atomic mass is 28.3. The van der Waals surface area contributed by atoms with Crippen molar-refractivity contribution < 1.29 is 4.43 Å². The van der Waals surface area contributed by atoms with Crippen molar-refractivity contribution in [3.05, 3.63) is 12.2 Å². The van der Waals surface area contributed by atoms with Gasteiger partial charge in [-0.3, -0.25) is 0 Å². The van der Waals surface area contributed by atoms with Gasteiger partial charge in [0.15, 0.2) is 9.04 Å². The van der Waals surface area contributed by atoms with E-state index < -0.39 is 9.04 Å². The normalized spacial score (nSPS) is 16.0. The predicted octanol–water partition coefficient (Wildman–Crippen LogP) is 2.73. The maximum Gasteiger partial charge on any atom is 0.170 e. The summed E-state index contributed by atoms with van der Waals surface area (Å²) in [5, 5.41) is 0. The average molecular weight is 172 g/mol. The number of hydrogen-bond donors (Lipinski definition) is 0. The fourth-order valence-electron chi connectivity index (χ4n) is 0.760. The smallest absolute Gasteiger partial charge is 0.170 e. The first kappa shape index (κ1) is 10.9. The fraction of sp³-hybridized carbons (Fsp3) is 0.778. The first-order valence-electron chi connectivity index (χ1n) is 4.45. The lowest BCUT2D eigenvalue weighted by molar-refractivity contribution is 0.430. The third-order valence-electron chi connectivity index (χ3n) is 1.63. The maximum absolute atomic E-state index is 4.89. The van der Waals surface area contributed by atoms with Gasteiger partial charge in [0.05, 0.1) is 0 Å². The largest absolute Gasteiger partial charge is 0.424 e. The first-order chi connectivity index (χ1) is 5.27. The van der Waals surface area contributed by atoms with E-state index in [2.05, 4.69) is 25.2 Å². The molecule has 0 heterocycles. The molecule has 1 nitrogen and oxygen atoms in total. The summed E-state index contributed by atoms with van der Waals surface area (Å²) in [7, 11) is 1.11. The molecule has 0 atom stereocenters. The van der Waals surface area contributed by atoms with Crippen molar-refractivity contribution in [1.29, 1.82) is 0 Å². The Morgan fingerprint density at radius 2 is 1.45 bits per heavy atom. The quantitative estimate of drug-likeness (QED) is 0.436. The van der Waals surface area contributed by atoms with Gasteiger partial charge in [0.25, 0.3) is 0 Å². The Kier molecular flexibility index (Phi) is 7.96. The Balaban J connectivity index is 0.000000187. The number of hydrogen-bond acceptors (Lipinski definition) is 1. The summed E-state index contributed by atoms with van der Waals surface area (Å²) in [5.41, 5.74) is 0. The van der Waals surface area contributed by atoms with Gasteiger partial charge in [-0.05, 0) is 38.8 Å². The summed E-state index contributed by atoms with van der Waals surface area (Å²) in [4.78, 5) is 0. The molecule has 66 valence electrons. The van der Waals surface area contributed by atoms with E-state index >= 15 is 0 Å². The SMILES string of the molecule is C1=CCCCC1.CO[SiH](C)C. The van der Waals surface area contributed by atoms with Crippen LogP contribution in [0.2, 0.25) is 13.1 Å². The molecular weight excluding hydrogens is 152 g/mol. The van der Waals surface area contributed by atoms with Crippen molar-refractivity contribution in [2.45, 2.75) is 38.8 Å². The molecule has 1 rings (SSSR count). The van der Waals surface area contributed by atoms with E-state index in [0.29, 0.717) is 0 Å². The Hall–Kier alpha value is -0.0831. The Morgan fingerprint density at radius 3 is 1.55 bits per heavy atom. The Morgan fingerprint density at radius 1 is 1.09 bits per heavy atom. The van der Waals surface area contributed by atoms with E-state index in [1.807, 2.05) is 0 Å². The molecule has 0 aromatic rings. The van der Waals surface area contributed by atoms with Crippen LogP contribution in [0.15, 0.2) is 12.2 Å². The third kappa shape index (κ3) is 9.92. The minimum absolute atomic E-state index is 0.650. The molecule has 0 saturated carbocycles. The van der Waals surface area contributed by atoms with Gasteiger partial charge >= 0.3 is 0 Å². The minimum atomic E-state index is -0.650. The molecule has 0 radical (unpaired) electrons. The van der Waals surface area contributed by atoms with Crippen LogP contribution in [0.1, 0.15) is 25.7 Å². The van der Waals surface area contributed by atoms with Crippen LogP contribution >= 0.6 is 0 Å². The maximum atomic E-state index is 4.89. The van der Waals surface area contributed by atoms with Crippen molar-refractivity contribution >= 4 is 9.04 Å². The molecule has 0 aromatic carbocycles. The van der Waals surface area contributed by atoms with Gasteiger partial charge in [0.2, 0.25) is 0 Å². The molecule has 0 unspecified atom stereocenters. The fourth-order valence-corrected chi connectivity index (χ4v) is 0.760. The zero-order chi connectivity index (χ0) is 8.53. The molecule has 0 amide bonds. The summed E-state index contributed by atoms with van der Waals surface area (Å²) < 4.78 is 4.89. The lowest BCUT2D eigenvalue weighted by atomic mass is 10.1. The molecule has 0 aromatic heterocycles. The molecule has 0 fully saturated rings. The van der Waals surface area contributed by atoms with Gasteiger partial charge in [-0.25, -0.2) is 0 Å². The van der Waals surface area contributed by atoms with E-state index in [1.165, 1.54) is 25.7 Å². The van der Waals surface area contributed by atoms with Crippen molar-refractivity contribution in [3.63, 3.8) is 0 Å². The van der Waals surface area contributed by atoms with Gasteiger partial charge < -0.3 is 4.43 Å². The lowest BCUT2D eigenvalue weighted by Gasteiger charge is -1.97. The first-order valence-corrected chi connectivity index (χ1v) is 7.23. The third-order valence-corrected chi connectivity index (χ3v) is 2.57. The summed E-state index contributed by atoms with van der Waals surface area (Å²) in [5.74, 6) is 0. The molecule has 1 aliphatic carbocycles. The highest BCUT2D eigenvalue weighted by molar-refractivity contribution is 6.48. The predicted molar refractivity (Wildman–Crippen MR) is 53.5 cm³/mol. The zero-order valence-corrected chi connectivity index (χ0v) is 9.12. The second kappa shape index (κ2) is 8.02. The van der Waals surface area contributed by atoms with Crippen LogP contribution in [0.5, 0.6) is 0 Å². The van der Waals surface area contributed by atoms with E-state index in [0.717, 1.165) is 0 Å².